The number of nitrogens with zero attached hydrogens (tertiary/aromatic N) is 3. The van der Waals surface area contributed by atoms with Gasteiger partial charge in [0.2, 0.25) is 0 Å². The van der Waals surface area contributed by atoms with Crippen LogP contribution in [0.2, 0.25) is 0 Å². The molecule has 0 atom stereocenters. The van der Waals surface area contributed by atoms with Crippen LogP contribution in [-0.2, 0) is 4.74 Å². The highest BCUT2D eigenvalue weighted by Gasteiger charge is 2.29. The lowest BCUT2D eigenvalue weighted by molar-refractivity contribution is 0.209. The van der Waals surface area contributed by atoms with Gasteiger partial charge in [0.15, 0.2) is 5.41 Å². The maximum absolute atomic E-state index is 9.23. The molecule has 0 spiro atoms. The molecule has 0 aromatic carbocycles. The van der Waals surface area contributed by atoms with Gasteiger partial charge in [0.1, 0.15) is 5.76 Å². The second-order valence-electron chi connectivity index (χ2n) is 6.39. The Morgan fingerprint density at radius 1 is 1.18 bits per heavy atom. The summed E-state index contributed by atoms with van der Waals surface area (Å²) in [5, 5.41) is 18.5. The first kappa shape index (κ1) is 16.3. The second kappa shape index (κ2) is 6.81. The van der Waals surface area contributed by atoms with Crippen LogP contribution in [0.25, 0.3) is 0 Å². The van der Waals surface area contributed by atoms with E-state index in [0.717, 1.165) is 0 Å². The molecule has 2 rings (SSSR count). The van der Waals surface area contributed by atoms with Crippen molar-refractivity contribution in [3.8, 4) is 12.1 Å². The Kier molecular flexibility index (Phi) is 5.06. The third-order valence-electron chi connectivity index (χ3n) is 4.45. The van der Waals surface area contributed by atoms with E-state index in [1.807, 2.05) is 6.08 Å². The summed E-state index contributed by atoms with van der Waals surface area (Å²) in [6.45, 7) is 1.77. The van der Waals surface area contributed by atoms with Gasteiger partial charge in [-0.15, -0.1) is 0 Å². The minimum Gasteiger partial charge on any atom is -0.463 e. The van der Waals surface area contributed by atoms with E-state index in [1.165, 1.54) is 25.7 Å². The van der Waals surface area contributed by atoms with Crippen molar-refractivity contribution in [3.63, 3.8) is 0 Å². The Balaban J connectivity index is 2.01. The minimum atomic E-state index is -1.20. The van der Waals surface area contributed by atoms with Crippen LogP contribution >= 0.6 is 0 Å². The summed E-state index contributed by atoms with van der Waals surface area (Å²) >= 11 is 0. The van der Waals surface area contributed by atoms with E-state index in [0.29, 0.717) is 23.5 Å². The number of allylic oxidation sites excluding steroid dienone is 5. The van der Waals surface area contributed by atoms with Gasteiger partial charge in [0, 0.05) is 6.04 Å². The predicted molar refractivity (Wildman–Crippen MR) is 85.2 cm³/mol. The van der Waals surface area contributed by atoms with E-state index < -0.39 is 5.41 Å². The molecule has 0 aromatic heterocycles. The zero-order chi connectivity index (χ0) is 16.2. The highest BCUT2D eigenvalue weighted by Crippen LogP contribution is 2.31. The zero-order valence-electron chi connectivity index (χ0n) is 13.5. The molecular formula is C18H23N3O. The highest BCUT2D eigenvalue weighted by atomic mass is 16.5. The molecule has 0 bridgehead atoms. The molecule has 116 valence electrons. The van der Waals surface area contributed by atoms with Crippen LogP contribution in [-0.4, -0.2) is 25.0 Å². The summed E-state index contributed by atoms with van der Waals surface area (Å²) in [6, 6.07) is 4.79. The normalized spacial score (nSPS) is 27.5. The molecule has 0 amide bonds. The van der Waals surface area contributed by atoms with Gasteiger partial charge in [-0.1, -0.05) is 6.08 Å². The molecule has 1 aliphatic carbocycles. The number of ether oxygens (including phenoxy) is 1. The fourth-order valence-electron chi connectivity index (χ4n) is 3.11. The molecule has 0 aromatic rings. The van der Waals surface area contributed by atoms with Gasteiger partial charge < -0.3 is 9.64 Å². The van der Waals surface area contributed by atoms with E-state index in [-0.39, 0.29) is 0 Å². The number of hydrogen-bond acceptors (Lipinski definition) is 4. The maximum Gasteiger partial charge on any atom is 0.187 e. The van der Waals surface area contributed by atoms with Crippen LogP contribution in [0.5, 0.6) is 0 Å². The molecule has 0 saturated heterocycles. The zero-order valence-corrected chi connectivity index (χ0v) is 13.5. The van der Waals surface area contributed by atoms with E-state index in [4.69, 9.17) is 4.74 Å². The molecule has 2 aliphatic rings. The molecule has 0 unspecified atom stereocenters. The molecule has 0 radical (unpaired) electrons. The Labute approximate surface area is 133 Å². The maximum atomic E-state index is 9.23. The SMILES string of the molecule is CC1=CC(C#N)(C#N)C=C(/C=C/C2CCC(N(C)C)CC2)O1. The van der Waals surface area contributed by atoms with Gasteiger partial charge in [0.05, 0.1) is 17.9 Å². The van der Waals surface area contributed by atoms with Crippen molar-refractivity contribution in [1.82, 2.24) is 4.90 Å². The summed E-state index contributed by atoms with van der Waals surface area (Å²) in [6.07, 6.45) is 12.0. The van der Waals surface area contributed by atoms with Gasteiger partial charge >= 0.3 is 0 Å². The van der Waals surface area contributed by atoms with Gasteiger partial charge in [0.25, 0.3) is 0 Å². The van der Waals surface area contributed by atoms with Crippen LogP contribution in [0.3, 0.4) is 0 Å². The van der Waals surface area contributed by atoms with Crippen LogP contribution in [0, 0.1) is 34.0 Å². The first-order valence-corrected chi connectivity index (χ1v) is 7.75. The third-order valence-corrected chi connectivity index (χ3v) is 4.45. The summed E-state index contributed by atoms with van der Waals surface area (Å²) in [5.74, 6) is 1.74. The molecule has 4 nitrogen and oxygen atoms in total. The smallest absolute Gasteiger partial charge is 0.187 e. The quantitative estimate of drug-likeness (QED) is 0.799. The van der Waals surface area contributed by atoms with Crippen molar-refractivity contribution in [1.29, 1.82) is 10.5 Å². The summed E-state index contributed by atoms with van der Waals surface area (Å²) in [5.41, 5.74) is -1.20. The first-order valence-electron chi connectivity index (χ1n) is 7.75. The minimum absolute atomic E-state index is 0.547. The lowest BCUT2D eigenvalue weighted by Gasteiger charge is -2.31. The topological polar surface area (TPSA) is 60.0 Å². The van der Waals surface area contributed by atoms with Gasteiger partial charge in [-0.05, 0) is 70.8 Å². The summed E-state index contributed by atoms with van der Waals surface area (Å²) in [4.78, 5) is 2.30. The van der Waals surface area contributed by atoms with E-state index in [1.54, 1.807) is 19.1 Å². The van der Waals surface area contributed by atoms with Crippen LogP contribution < -0.4 is 0 Å². The predicted octanol–water partition coefficient (Wildman–Crippen LogP) is 3.51. The number of rotatable bonds is 3. The van der Waals surface area contributed by atoms with Crippen LogP contribution in [0.1, 0.15) is 32.6 Å². The molecule has 0 N–H and O–H groups in total. The third kappa shape index (κ3) is 3.78. The summed E-state index contributed by atoms with van der Waals surface area (Å²) < 4.78 is 5.62. The average molecular weight is 297 g/mol. The van der Waals surface area contributed by atoms with Crippen molar-refractivity contribution in [2.45, 2.75) is 38.6 Å². The highest BCUT2D eigenvalue weighted by molar-refractivity contribution is 5.39. The number of nitriles is 2. The fraction of sp³-hybridized carbons (Fsp3) is 0.556. The largest absolute Gasteiger partial charge is 0.463 e. The average Bonchev–Trinajstić information content (AvgIpc) is 2.52. The Morgan fingerprint density at radius 2 is 1.82 bits per heavy atom. The molecule has 22 heavy (non-hydrogen) atoms. The standard InChI is InChI=1S/C18H23N3O/c1-14-10-18(12-19,13-20)11-17(22-14)9-6-15-4-7-16(8-5-15)21(2)3/h6,9-11,15-16H,4-5,7-8H2,1-3H3/b9-6+. The number of hydrogen-bond donors (Lipinski definition) is 0. The van der Waals surface area contributed by atoms with Crippen molar-refractivity contribution in [2.75, 3.05) is 14.1 Å². The Bertz CT molecular complexity index is 564. The molecule has 1 fully saturated rings. The fourth-order valence-corrected chi connectivity index (χ4v) is 3.11. The monoisotopic (exact) mass is 297 g/mol. The lowest BCUT2D eigenvalue weighted by Crippen LogP contribution is -2.31. The van der Waals surface area contributed by atoms with Crippen molar-refractivity contribution in [3.05, 3.63) is 35.8 Å². The van der Waals surface area contributed by atoms with Gasteiger partial charge in [-0.2, -0.15) is 10.5 Å². The van der Waals surface area contributed by atoms with Gasteiger partial charge in [-0.25, -0.2) is 0 Å². The van der Waals surface area contributed by atoms with Gasteiger partial charge in [-0.3, -0.25) is 0 Å². The molecule has 1 saturated carbocycles. The second-order valence-corrected chi connectivity index (χ2v) is 6.39. The van der Waals surface area contributed by atoms with E-state index in [9.17, 15) is 10.5 Å². The van der Waals surface area contributed by atoms with Crippen LogP contribution in [0.15, 0.2) is 35.8 Å². The first-order chi connectivity index (χ1) is 10.5. The lowest BCUT2D eigenvalue weighted by atomic mass is 9.85. The molecule has 1 heterocycles. The molecular weight excluding hydrogens is 274 g/mol. The Hall–Kier alpha value is -2.04. The Morgan fingerprint density at radius 3 is 2.36 bits per heavy atom. The van der Waals surface area contributed by atoms with Crippen LogP contribution in [0.4, 0.5) is 0 Å². The summed E-state index contributed by atoms with van der Waals surface area (Å²) in [7, 11) is 4.28. The van der Waals surface area contributed by atoms with Crippen molar-refractivity contribution >= 4 is 0 Å². The van der Waals surface area contributed by atoms with E-state index in [2.05, 4.69) is 37.2 Å². The molecule has 4 heteroatoms. The molecule has 1 aliphatic heterocycles. The van der Waals surface area contributed by atoms with Crippen molar-refractivity contribution < 1.29 is 4.74 Å². The van der Waals surface area contributed by atoms with Crippen molar-refractivity contribution in [2.24, 2.45) is 11.3 Å². The van der Waals surface area contributed by atoms with E-state index >= 15 is 0 Å².